The fraction of sp³-hybridized carbons (Fsp3) is 0.538. The highest BCUT2D eigenvalue weighted by Gasteiger charge is 2.41. The molecule has 0 amide bonds. The summed E-state index contributed by atoms with van der Waals surface area (Å²) >= 11 is 12.0. The molecule has 0 aromatic heterocycles. The molecule has 17 heavy (non-hydrogen) atoms. The Morgan fingerprint density at radius 1 is 1.53 bits per heavy atom. The van der Waals surface area contributed by atoms with Crippen molar-refractivity contribution in [2.24, 2.45) is 5.41 Å². The lowest BCUT2D eigenvalue weighted by atomic mass is 9.78. The molecule has 1 nitrogen and oxygen atoms in total. The summed E-state index contributed by atoms with van der Waals surface area (Å²) in [7, 11) is 0. The van der Waals surface area contributed by atoms with Gasteiger partial charge in [-0.25, -0.2) is 4.39 Å². The lowest BCUT2D eigenvalue weighted by Gasteiger charge is -2.30. The van der Waals surface area contributed by atoms with Crippen molar-refractivity contribution in [3.05, 3.63) is 34.6 Å². The van der Waals surface area contributed by atoms with Gasteiger partial charge in [0, 0.05) is 22.9 Å². The second kappa shape index (κ2) is 5.13. The molecule has 2 rings (SSSR count). The van der Waals surface area contributed by atoms with Crippen molar-refractivity contribution in [3.8, 4) is 0 Å². The lowest BCUT2D eigenvalue weighted by molar-refractivity contribution is 0.0732. The molecule has 0 bridgehead atoms. The smallest absolute Gasteiger partial charge is 0.126 e. The van der Waals surface area contributed by atoms with Crippen molar-refractivity contribution in [2.75, 3.05) is 12.5 Å². The summed E-state index contributed by atoms with van der Waals surface area (Å²) in [6, 6.07) is 4.64. The minimum atomic E-state index is -0.224. The Morgan fingerprint density at radius 2 is 2.29 bits per heavy atom. The first-order valence-electron chi connectivity index (χ1n) is 5.69. The van der Waals surface area contributed by atoms with Crippen molar-refractivity contribution in [1.29, 1.82) is 0 Å². The van der Waals surface area contributed by atoms with Crippen LogP contribution >= 0.6 is 23.2 Å². The van der Waals surface area contributed by atoms with E-state index in [0.717, 1.165) is 6.42 Å². The van der Waals surface area contributed by atoms with Crippen LogP contribution in [0.5, 0.6) is 0 Å². The minimum Gasteiger partial charge on any atom is -0.378 e. The molecule has 1 aliphatic heterocycles. The second-order valence-corrected chi connectivity index (χ2v) is 5.38. The molecule has 1 aromatic rings. The Labute approximate surface area is 111 Å². The van der Waals surface area contributed by atoms with Crippen LogP contribution in [-0.4, -0.2) is 18.6 Å². The summed E-state index contributed by atoms with van der Waals surface area (Å²) in [5.41, 5.74) is 0.447. The summed E-state index contributed by atoms with van der Waals surface area (Å²) in [6.07, 6.45) is 1.49. The number of rotatable bonds is 3. The maximum atomic E-state index is 13.7. The van der Waals surface area contributed by atoms with E-state index >= 15 is 0 Å². The fourth-order valence-electron chi connectivity index (χ4n) is 2.33. The van der Waals surface area contributed by atoms with Crippen LogP contribution in [0, 0.1) is 11.2 Å². The van der Waals surface area contributed by atoms with Gasteiger partial charge in [-0.1, -0.05) is 11.6 Å². The van der Waals surface area contributed by atoms with Crippen molar-refractivity contribution < 1.29 is 9.13 Å². The van der Waals surface area contributed by atoms with Crippen molar-refractivity contribution in [1.82, 2.24) is 0 Å². The third-order valence-electron chi connectivity index (χ3n) is 3.65. The van der Waals surface area contributed by atoms with Gasteiger partial charge in [0.2, 0.25) is 0 Å². The number of hydrogen-bond donors (Lipinski definition) is 0. The maximum Gasteiger partial charge on any atom is 0.126 e. The number of halogens is 3. The van der Waals surface area contributed by atoms with Gasteiger partial charge in [0.15, 0.2) is 0 Å². The molecular formula is C13H15Cl2FO. The average Bonchev–Trinajstić information content (AvgIpc) is 2.66. The van der Waals surface area contributed by atoms with Crippen LogP contribution < -0.4 is 0 Å². The summed E-state index contributed by atoms with van der Waals surface area (Å²) < 4.78 is 19.3. The van der Waals surface area contributed by atoms with Gasteiger partial charge < -0.3 is 4.74 Å². The molecule has 4 heteroatoms. The standard InChI is InChI=1S/C13H15Cl2FO/c1-9-13(8-14,4-5-17-9)7-10-6-11(15)2-3-12(10)16/h2-3,6,9H,4-5,7-8H2,1H3. The third kappa shape index (κ3) is 2.59. The van der Waals surface area contributed by atoms with Crippen LogP contribution in [0.15, 0.2) is 18.2 Å². The monoisotopic (exact) mass is 276 g/mol. The third-order valence-corrected chi connectivity index (χ3v) is 4.41. The average molecular weight is 277 g/mol. The predicted octanol–water partition coefficient (Wildman–Crippen LogP) is 4.06. The maximum absolute atomic E-state index is 13.7. The van der Waals surface area contributed by atoms with E-state index in [1.165, 1.54) is 6.07 Å². The van der Waals surface area contributed by atoms with Gasteiger partial charge in [0.25, 0.3) is 0 Å². The summed E-state index contributed by atoms with van der Waals surface area (Å²) in [5.74, 6) is 0.248. The second-order valence-electron chi connectivity index (χ2n) is 4.67. The van der Waals surface area contributed by atoms with E-state index in [0.29, 0.717) is 29.5 Å². The first-order chi connectivity index (χ1) is 8.07. The molecule has 1 aromatic carbocycles. The Morgan fingerprint density at radius 3 is 2.88 bits per heavy atom. The quantitative estimate of drug-likeness (QED) is 0.757. The zero-order chi connectivity index (χ0) is 12.5. The Balaban J connectivity index is 2.27. The molecule has 0 aliphatic carbocycles. The van der Waals surface area contributed by atoms with E-state index in [2.05, 4.69) is 0 Å². The highest BCUT2D eigenvalue weighted by Crippen LogP contribution is 2.40. The number of ether oxygens (including phenoxy) is 1. The summed E-state index contributed by atoms with van der Waals surface area (Å²) in [6.45, 7) is 2.69. The molecule has 2 atom stereocenters. The number of alkyl halides is 1. The summed E-state index contributed by atoms with van der Waals surface area (Å²) in [4.78, 5) is 0. The van der Waals surface area contributed by atoms with Crippen molar-refractivity contribution in [2.45, 2.75) is 25.9 Å². The molecule has 1 heterocycles. The van der Waals surface area contributed by atoms with Crippen LogP contribution in [0.25, 0.3) is 0 Å². The Hall–Kier alpha value is -0.310. The highest BCUT2D eigenvalue weighted by atomic mass is 35.5. The van der Waals surface area contributed by atoms with Gasteiger partial charge in [0.05, 0.1) is 6.10 Å². The first-order valence-corrected chi connectivity index (χ1v) is 6.60. The molecule has 94 valence electrons. The van der Waals surface area contributed by atoms with Crippen LogP contribution in [0.3, 0.4) is 0 Å². The molecule has 0 radical (unpaired) electrons. The Bertz CT molecular complexity index is 410. The normalized spacial score (nSPS) is 28.6. The summed E-state index contributed by atoms with van der Waals surface area (Å²) in [5, 5.41) is 0.553. The van der Waals surface area contributed by atoms with E-state index in [4.69, 9.17) is 27.9 Å². The van der Waals surface area contributed by atoms with Crippen molar-refractivity contribution in [3.63, 3.8) is 0 Å². The molecule has 1 fully saturated rings. The van der Waals surface area contributed by atoms with E-state index < -0.39 is 0 Å². The van der Waals surface area contributed by atoms with Gasteiger partial charge in [-0.15, -0.1) is 11.6 Å². The van der Waals surface area contributed by atoms with Gasteiger partial charge in [-0.05, 0) is 43.5 Å². The zero-order valence-electron chi connectivity index (χ0n) is 9.68. The van der Waals surface area contributed by atoms with Gasteiger partial charge in [-0.2, -0.15) is 0 Å². The van der Waals surface area contributed by atoms with Crippen LogP contribution in [0.1, 0.15) is 18.9 Å². The molecule has 0 spiro atoms. The van der Waals surface area contributed by atoms with E-state index in [-0.39, 0.29) is 17.3 Å². The van der Waals surface area contributed by atoms with Gasteiger partial charge in [0.1, 0.15) is 5.82 Å². The van der Waals surface area contributed by atoms with E-state index in [1.54, 1.807) is 12.1 Å². The van der Waals surface area contributed by atoms with Gasteiger partial charge in [-0.3, -0.25) is 0 Å². The van der Waals surface area contributed by atoms with E-state index in [9.17, 15) is 4.39 Å². The molecule has 0 saturated carbocycles. The van der Waals surface area contributed by atoms with Crippen molar-refractivity contribution >= 4 is 23.2 Å². The van der Waals surface area contributed by atoms with Crippen LogP contribution in [-0.2, 0) is 11.2 Å². The lowest BCUT2D eigenvalue weighted by Crippen LogP contribution is -2.33. The van der Waals surface area contributed by atoms with Gasteiger partial charge >= 0.3 is 0 Å². The number of benzene rings is 1. The molecular weight excluding hydrogens is 262 g/mol. The zero-order valence-corrected chi connectivity index (χ0v) is 11.2. The Kier molecular flexibility index (Phi) is 3.96. The minimum absolute atomic E-state index is 0.0541. The van der Waals surface area contributed by atoms with E-state index in [1.807, 2.05) is 6.92 Å². The molecule has 0 N–H and O–H groups in total. The predicted molar refractivity (Wildman–Crippen MR) is 68.3 cm³/mol. The number of hydrogen-bond acceptors (Lipinski definition) is 1. The first kappa shape index (κ1) is 13.1. The molecule has 1 aliphatic rings. The van der Waals surface area contributed by atoms with Crippen LogP contribution in [0.4, 0.5) is 4.39 Å². The molecule has 2 unspecified atom stereocenters. The highest BCUT2D eigenvalue weighted by molar-refractivity contribution is 6.30. The largest absolute Gasteiger partial charge is 0.378 e. The fourth-order valence-corrected chi connectivity index (χ4v) is 2.97. The van der Waals surface area contributed by atoms with Crippen LogP contribution in [0.2, 0.25) is 5.02 Å². The topological polar surface area (TPSA) is 9.23 Å². The molecule has 1 saturated heterocycles. The SMILES string of the molecule is CC1OCCC1(CCl)Cc1cc(Cl)ccc1F.